The molecule has 0 aliphatic heterocycles. The van der Waals surface area contributed by atoms with Crippen molar-refractivity contribution in [2.75, 3.05) is 4.90 Å². The predicted molar refractivity (Wildman–Crippen MR) is 235 cm³/mol. The van der Waals surface area contributed by atoms with E-state index < -0.39 is 0 Å². The number of aromatic nitrogens is 1. The molecule has 268 valence electrons. The van der Waals surface area contributed by atoms with Crippen LogP contribution in [0.3, 0.4) is 0 Å². The first kappa shape index (κ1) is 32.7. The van der Waals surface area contributed by atoms with Crippen molar-refractivity contribution >= 4 is 60.9 Å². The molecule has 0 N–H and O–H groups in total. The zero-order valence-electron chi connectivity index (χ0n) is 30.8. The fourth-order valence-electron chi connectivity index (χ4n) is 8.07. The maximum Gasteiger partial charge on any atom is 0.227 e. The Labute approximate surface area is 329 Å². The highest BCUT2D eigenvalue weighted by Gasteiger charge is 2.20. The number of hydrogen-bond acceptors (Lipinski definition) is 4. The van der Waals surface area contributed by atoms with E-state index in [0.29, 0.717) is 5.89 Å². The van der Waals surface area contributed by atoms with E-state index in [2.05, 4.69) is 169 Å². The lowest BCUT2D eigenvalue weighted by atomic mass is 9.98. The van der Waals surface area contributed by atoms with Gasteiger partial charge in [0.25, 0.3) is 0 Å². The third-order valence-corrected chi connectivity index (χ3v) is 10.9. The van der Waals surface area contributed by atoms with E-state index in [0.717, 1.165) is 72.4 Å². The molecule has 0 saturated heterocycles. The highest BCUT2D eigenvalue weighted by atomic mass is 16.4. The third-order valence-electron chi connectivity index (χ3n) is 10.9. The average Bonchev–Trinajstić information content (AvgIpc) is 3.89. The average molecular weight is 731 g/mol. The maximum atomic E-state index is 6.33. The number of para-hydroxylation sites is 1. The molecule has 0 radical (unpaired) electrons. The molecule has 0 unspecified atom stereocenters. The fourth-order valence-corrected chi connectivity index (χ4v) is 8.07. The van der Waals surface area contributed by atoms with Crippen LogP contribution in [0.2, 0.25) is 0 Å². The van der Waals surface area contributed by atoms with E-state index in [9.17, 15) is 0 Å². The molecule has 4 nitrogen and oxygen atoms in total. The smallest absolute Gasteiger partial charge is 0.227 e. The number of anilines is 3. The monoisotopic (exact) mass is 730 g/mol. The minimum Gasteiger partial charge on any atom is -0.456 e. The van der Waals surface area contributed by atoms with E-state index in [1.165, 1.54) is 27.5 Å². The van der Waals surface area contributed by atoms with Crippen molar-refractivity contribution in [3.63, 3.8) is 0 Å². The minimum atomic E-state index is 0.598. The molecule has 0 aliphatic rings. The summed E-state index contributed by atoms with van der Waals surface area (Å²) in [5.41, 5.74) is 14.2. The first-order valence-corrected chi connectivity index (χ1v) is 19.2. The molecular formula is C53H34N2O2. The Morgan fingerprint density at radius 2 is 0.930 bits per heavy atom. The van der Waals surface area contributed by atoms with Gasteiger partial charge in [-0.25, -0.2) is 4.98 Å². The zero-order valence-corrected chi connectivity index (χ0v) is 30.8. The minimum absolute atomic E-state index is 0.598. The molecule has 11 rings (SSSR count). The van der Waals surface area contributed by atoms with Crippen LogP contribution in [-0.4, -0.2) is 4.98 Å². The summed E-state index contributed by atoms with van der Waals surface area (Å²) in [7, 11) is 0. The molecule has 0 atom stereocenters. The molecule has 0 aliphatic carbocycles. The largest absolute Gasteiger partial charge is 0.456 e. The van der Waals surface area contributed by atoms with Gasteiger partial charge in [0.05, 0.1) is 11.1 Å². The molecule has 0 bridgehead atoms. The van der Waals surface area contributed by atoms with E-state index in [1.54, 1.807) is 0 Å². The van der Waals surface area contributed by atoms with Crippen molar-refractivity contribution in [2.24, 2.45) is 0 Å². The number of furan rings is 1. The van der Waals surface area contributed by atoms with Crippen LogP contribution in [-0.2, 0) is 0 Å². The van der Waals surface area contributed by atoms with Gasteiger partial charge in [-0.1, -0.05) is 133 Å². The maximum absolute atomic E-state index is 6.33. The van der Waals surface area contributed by atoms with Gasteiger partial charge in [0.1, 0.15) is 16.7 Å². The van der Waals surface area contributed by atoms with Crippen molar-refractivity contribution in [2.45, 2.75) is 0 Å². The molecule has 0 saturated carbocycles. The van der Waals surface area contributed by atoms with Crippen LogP contribution in [0.25, 0.3) is 88.6 Å². The quantitative estimate of drug-likeness (QED) is 0.164. The Hall–Kier alpha value is -7.69. The van der Waals surface area contributed by atoms with Gasteiger partial charge < -0.3 is 13.7 Å². The van der Waals surface area contributed by atoms with E-state index in [1.807, 2.05) is 42.5 Å². The summed E-state index contributed by atoms with van der Waals surface area (Å²) < 4.78 is 12.6. The van der Waals surface area contributed by atoms with E-state index in [-0.39, 0.29) is 0 Å². The Bertz CT molecular complexity index is 3220. The molecule has 0 fully saturated rings. The summed E-state index contributed by atoms with van der Waals surface area (Å²) in [5.74, 6) is 0.598. The van der Waals surface area contributed by atoms with Crippen molar-refractivity contribution in [3.05, 3.63) is 206 Å². The number of nitrogens with zero attached hydrogens (tertiary/aromatic N) is 2. The van der Waals surface area contributed by atoms with Gasteiger partial charge in [0.15, 0.2) is 5.58 Å². The summed E-state index contributed by atoms with van der Waals surface area (Å²) in [5, 5.41) is 4.42. The lowest BCUT2D eigenvalue weighted by molar-refractivity contribution is 0.619. The SMILES string of the molecule is c1ccc(-c2ccc(N(c3ccc(-c4ccc5oc6ccc7oc(-c8ccccc8)nc7c6c5c4)cc3)c3ccccc3-c3ccc4ccccc4c3)cc2)cc1. The molecule has 4 heteroatoms. The molecule has 0 spiro atoms. The topological polar surface area (TPSA) is 42.4 Å². The molecule has 0 amide bonds. The molecule has 2 aromatic heterocycles. The summed E-state index contributed by atoms with van der Waals surface area (Å²) in [6, 6.07) is 72.5. The second-order valence-electron chi connectivity index (χ2n) is 14.4. The van der Waals surface area contributed by atoms with Crippen LogP contribution >= 0.6 is 0 Å². The highest BCUT2D eigenvalue weighted by molar-refractivity contribution is 6.17. The first-order chi connectivity index (χ1) is 28.2. The van der Waals surface area contributed by atoms with Gasteiger partial charge >= 0.3 is 0 Å². The molecule has 11 aromatic rings. The van der Waals surface area contributed by atoms with Crippen LogP contribution in [0.5, 0.6) is 0 Å². The van der Waals surface area contributed by atoms with Crippen LogP contribution in [0.4, 0.5) is 17.1 Å². The Balaban J connectivity index is 1.01. The lowest BCUT2D eigenvalue weighted by Gasteiger charge is -2.28. The molecule has 9 aromatic carbocycles. The van der Waals surface area contributed by atoms with E-state index >= 15 is 0 Å². The fraction of sp³-hybridized carbons (Fsp3) is 0. The lowest BCUT2D eigenvalue weighted by Crippen LogP contribution is -2.11. The number of benzene rings is 9. The van der Waals surface area contributed by atoms with Crippen molar-refractivity contribution in [1.82, 2.24) is 4.98 Å². The van der Waals surface area contributed by atoms with Crippen LogP contribution in [0.15, 0.2) is 215 Å². The molecular weight excluding hydrogens is 697 g/mol. The van der Waals surface area contributed by atoms with Gasteiger partial charge in [0.2, 0.25) is 5.89 Å². The van der Waals surface area contributed by atoms with Gasteiger partial charge in [-0.05, 0) is 111 Å². The summed E-state index contributed by atoms with van der Waals surface area (Å²) in [6.07, 6.45) is 0. The van der Waals surface area contributed by atoms with Crippen molar-refractivity contribution in [1.29, 1.82) is 0 Å². The second-order valence-corrected chi connectivity index (χ2v) is 14.4. The highest BCUT2D eigenvalue weighted by Crippen LogP contribution is 2.43. The second kappa shape index (κ2) is 13.6. The van der Waals surface area contributed by atoms with Crippen molar-refractivity contribution < 1.29 is 8.83 Å². The van der Waals surface area contributed by atoms with Crippen LogP contribution in [0.1, 0.15) is 0 Å². The van der Waals surface area contributed by atoms with Gasteiger partial charge in [-0.15, -0.1) is 0 Å². The molecule has 57 heavy (non-hydrogen) atoms. The van der Waals surface area contributed by atoms with Crippen molar-refractivity contribution in [3.8, 4) is 44.8 Å². The van der Waals surface area contributed by atoms with Crippen LogP contribution < -0.4 is 4.90 Å². The normalized spacial score (nSPS) is 11.5. The zero-order chi connectivity index (χ0) is 37.7. The summed E-state index contributed by atoms with van der Waals surface area (Å²) in [4.78, 5) is 7.32. The predicted octanol–water partition coefficient (Wildman–Crippen LogP) is 15.0. The van der Waals surface area contributed by atoms with Gasteiger partial charge in [0, 0.05) is 27.9 Å². The Morgan fingerprint density at radius 1 is 0.368 bits per heavy atom. The van der Waals surface area contributed by atoms with E-state index in [4.69, 9.17) is 13.8 Å². The standard InChI is InChI=1S/C53H34N2O2/c1-3-11-35(12-4-1)37-21-26-43(27-22-37)55(47-18-10-9-17-45(47)42-20-19-36-13-7-8-16-40(36)33-42)44-28-23-38(24-29-44)41-25-30-48-46(34-41)51-49(56-48)31-32-50-52(51)54-53(57-50)39-14-5-2-6-15-39/h1-34H. The van der Waals surface area contributed by atoms with Gasteiger partial charge in [-0.2, -0.15) is 0 Å². The number of hydrogen-bond donors (Lipinski definition) is 0. The molecule has 2 heterocycles. The number of fused-ring (bicyclic) bond motifs is 6. The summed E-state index contributed by atoms with van der Waals surface area (Å²) >= 11 is 0. The number of oxazole rings is 1. The number of rotatable bonds is 7. The first-order valence-electron chi connectivity index (χ1n) is 19.2. The Morgan fingerprint density at radius 3 is 1.68 bits per heavy atom. The Kier molecular flexibility index (Phi) is 7.78. The summed E-state index contributed by atoms with van der Waals surface area (Å²) in [6.45, 7) is 0. The van der Waals surface area contributed by atoms with Crippen LogP contribution in [0, 0.1) is 0 Å². The third kappa shape index (κ3) is 5.83. The van der Waals surface area contributed by atoms with Gasteiger partial charge in [-0.3, -0.25) is 0 Å².